The van der Waals surface area contributed by atoms with Crippen LogP contribution in [0.3, 0.4) is 0 Å². The Bertz CT molecular complexity index is 3600. The molecule has 14 rings (SSSR count). The van der Waals surface area contributed by atoms with Crippen molar-refractivity contribution >= 4 is 35.8 Å². The van der Waals surface area contributed by atoms with Crippen LogP contribution < -0.4 is 0 Å². The molecule has 0 radical (unpaired) electrons. The van der Waals surface area contributed by atoms with Gasteiger partial charge < -0.3 is 75.8 Å². The maximum Gasteiger partial charge on any atom is 0.338 e. The molecule has 6 heterocycles. The lowest BCUT2D eigenvalue weighted by atomic mass is 9.47. The SMILES string of the molecule is CC(=O)O[C@@H]1[C@@H](OC(C)=O)[C@H](C)O[C@@H](O[C@H]2[C@H](O[C@H]3CC[C@@]4(C)C(=CC[C@H]5[C@@H]6C[C@@H]7O[C@]8(CC[C@@H](C)CO8)[C@@H](C)[C@@H]7[C@@]6(C)CC[C@@H]54)C3)O[C@@H]3COC(c4ccccc4)O[C@@H]3[C@@H]2O[C@@H]2OC[C@@H](OC(=O)c3ccccc3)[C@@H](OC(=O)c3ccccc3)[C@H]2OC(=O)c2ccccc2)[C@@H]1OC(C)=O. The third kappa shape index (κ3) is 13.8. The molecule has 100 heavy (non-hydrogen) atoms. The summed E-state index contributed by atoms with van der Waals surface area (Å²) in [5, 5.41) is 0. The van der Waals surface area contributed by atoms with Crippen LogP contribution in [0.5, 0.6) is 0 Å². The highest BCUT2D eigenvalue weighted by atomic mass is 16.8. The van der Waals surface area contributed by atoms with E-state index in [1.807, 2.05) is 30.3 Å². The van der Waals surface area contributed by atoms with Crippen molar-refractivity contribution in [3.63, 3.8) is 0 Å². The number of ether oxygens (including phenoxy) is 16. The zero-order valence-electron chi connectivity index (χ0n) is 57.9. The van der Waals surface area contributed by atoms with Crippen LogP contribution in [0.25, 0.3) is 0 Å². The van der Waals surface area contributed by atoms with E-state index in [0.29, 0.717) is 53.9 Å². The average molecular weight is 1380 g/mol. The molecule has 3 saturated carbocycles. The van der Waals surface area contributed by atoms with Crippen LogP contribution in [-0.4, -0.2) is 160 Å². The molecule has 1 unspecified atom stereocenters. The van der Waals surface area contributed by atoms with Crippen molar-refractivity contribution in [2.45, 2.75) is 223 Å². The highest BCUT2D eigenvalue weighted by Gasteiger charge is 2.69. The fraction of sp³-hybridized carbons (Fsp3) is 0.590. The molecule has 4 aliphatic carbocycles. The van der Waals surface area contributed by atoms with Crippen molar-refractivity contribution in [1.29, 1.82) is 0 Å². The van der Waals surface area contributed by atoms with Crippen LogP contribution in [0.2, 0.25) is 0 Å². The highest BCUT2D eigenvalue weighted by molar-refractivity contribution is 5.91. The molecule has 10 aliphatic rings. The second kappa shape index (κ2) is 29.1. The van der Waals surface area contributed by atoms with Gasteiger partial charge in [0.1, 0.15) is 24.4 Å². The smallest absolute Gasteiger partial charge is 0.338 e. The van der Waals surface area contributed by atoms with E-state index in [0.717, 1.165) is 58.5 Å². The molecule has 0 N–H and O–H groups in total. The van der Waals surface area contributed by atoms with Gasteiger partial charge >= 0.3 is 35.8 Å². The fourth-order valence-corrected chi connectivity index (χ4v) is 18.6. The maximum absolute atomic E-state index is 14.7. The van der Waals surface area contributed by atoms with Gasteiger partial charge in [0.2, 0.25) is 0 Å². The number of esters is 6. The summed E-state index contributed by atoms with van der Waals surface area (Å²) in [6.45, 7) is 14.9. The number of benzene rings is 4. The Morgan fingerprint density at radius 1 is 0.500 bits per heavy atom. The number of allylic oxidation sites excluding steroid dienone is 1. The van der Waals surface area contributed by atoms with Gasteiger partial charge in [0, 0.05) is 38.7 Å². The van der Waals surface area contributed by atoms with E-state index in [4.69, 9.17) is 75.8 Å². The van der Waals surface area contributed by atoms with E-state index in [1.54, 1.807) is 97.9 Å². The molecule has 0 amide bonds. The molecule has 1 spiro atoms. The van der Waals surface area contributed by atoms with Crippen molar-refractivity contribution in [1.82, 2.24) is 0 Å². The van der Waals surface area contributed by atoms with E-state index >= 15 is 0 Å². The van der Waals surface area contributed by atoms with E-state index in [-0.39, 0.29) is 40.2 Å². The normalized spacial score (nSPS) is 40.3. The first-order chi connectivity index (χ1) is 48.2. The molecule has 4 aromatic carbocycles. The van der Waals surface area contributed by atoms with Gasteiger partial charge in [-0.05, 0) is 135 Å². The second-order valence-electron chi connectivity index (χ2n) is 29.6. The van der Waals surface area contributed by atoms with Gasteiger partial charge in [-0.2, -0.15) is 0 Å². The molecular formula is C78H92O22. The summed E-state index contributed by atoms with van der Waals surface area (Å²) in [6.07, 6.45) is -11.0. The minimum Gasteiger partial charge on any atom is -0.456 e. The van der Waals surface area contributed by atoms with E-state index in [1.165, 1.54) is 19.4 Å². The summed E-state index contributed by atoms with van der Waals surface area (Å²) in [5.41, 5.74) is 2.36. The van der Waals surface area contributed by atoms with Gasteiger partial charge in [0.05, 0.1) is 54.8 Å². The predicted molar refractivity (Wildman–Crippen MR) is 353 cm³/mol. The quantitative estimate of drug-likeness (QED) is 0.0574. The third-order valence-corrected chi connectivity index (χ3v) is 23.4. The monoisotopic (exact) mass is 1380 g/mol. The lowest BCUT2D eigenvalue weighted by Crippen LogP contribution is -2.69. The largest absolute Gasteiger partial charge is 0.456 e. The minimum atomic E-state index is -1.74. The molecule has 4 aromatic rings. The standard InChI is InChI=1S/C78H92O22/c1-42-31-36-78(87-39-42)43(2)60-57(100-78)38-56-54-30-29-52-37-53(32-34-76(52,7)55(54)33-35-77(56,60)8)92-75-68(99-74-67(91-47(6)81)64(90-46(5)80)61(44(3)88-74)89-45(4)79)65(62-59(94-75)41-85-72(97-62)51-27-19-12-20-28-51)98-73-66(96-71(84)50-25-17-11-18-26-50)63(95-70(83)49-23-15-10-16-24-49)58(40-86-73)93-69(82)48-21-13-9-14-22-48/h9-29,42-44,53-68,72-75H,30-41H2,1-8H3/t42-,43+,44+,53+,54-,55+,56+,57+,58-,59-,60+,61+,62+,63-,64-,65+,66-,67-,68-,72?,73+,74+,75-,76+,77+,78-/m1/s1. The Labute approximate surface area is 582 Å². The molecule has 536 valence electrons. The van der Waals surface area contributed by atoms with Crippen LogP contribution in [0.15, 0.2) is 133 Å². The molecule has 22 heteroatoms. The van der Waals surface area contributed by atoms with Gasteiger partial charge in [-0.15, -0.1) is 0 Å². The number of carbonyl (C=O) groups excluding carboxylic acids is 6. The molecule has 6 saturated heterocycles. The number of hydrogen-bond donors (Lipinski definition) is 0. The van der Waals surface area contributed by atoms with Crippen LogP contribution >= 0.6 is 0 Å². The lowest BCUT2D eigenvalue weighted by Gasteiger charge is -2.59. The maximum atomic E-state index is 14.7. The van der Waals surface area contributed by atoms with Gasteiger partial charge in [-0.1, -0.05) is 124 Å². The Morgan fingerprint density at radius 3 is 1.71 bits per heavy atom. The Kier molecular flexibility index (Phi) is 20.4. The Morgan fingerprint density at radius 2 is 1.08 bits per heavy atom. The third-order valence-electron chi connectivity index (χ3n) is 23.4. The summed E-state index contributed by atoms with van der Waals surface area (Å²) in [5.74, 6) is -2.71. The van der Waals surface area contributed by atoms with Gasteiger partial charge in [0.25, 0.3) is 0 Å². The topological polar surface area (TPSA) is 250 Å². The van der Waals surface area contributed by atoms with E-state index < -0.39 is 147 Å². The summed E-state index contributed by atoms with van der Waals surface area (Å²) >= 11 is 0. The molecule has 26 atom stereocenters. The molecular weight excluding hydrogens is 1290 g/mol. The Balaban J connectivity index is 0.832. The first kappa shape index (κ1) is 70.1. The number of hydrogen-bond acceptors (Lipinski definition) is 22. The summed E-state index contributed by atoms with van der Waals surface area (Å²) in [6, 6.07) is 33.7. The molecule has 0 aromatic heterocycles. The van der Waals surface area contributed by atoms with Crippen molar-refractivity contribution in [3.8, 4) is 0 Å². The summed E-state index contributed by atoms with van der Waals surface area (Å²) in [7, 11) is 0. The molecule has 9 fully saturated rings. The lowest BCUT2D eigenvalue weighted by molar-refractivity contribution is -0.414. The number of fused-ring (bicyclic) bond motifs is 8. The predicted octanol–water partition coefficient (Wildman–Crippen LogP) is 10.9. The van der Waals surface area contributed by atoms with Gasteiger partial charge in [-0.25, -0.2) is 14.4 Å². The van der Waals surface area contributed by atoms with Gasteiger partial charge in [0.15, 0.2) is 67.6 Å². The van der Waals surface area contributed by atoms with Crippen LogP contribution in [-0.2, 0) is 90.2 Å². The first-order valence-corrected chi connectivity index (χ1v) is 35.7. The average Bonchev–Trinajstić information content (AvgIpc) is 1.50. The molecule has 0 bridgehead atoms. The number of carbonyl (C=O) groups is 6. The van der Waals surface area contributed by atoms with Crippen molar-refractivity contribution in [2.24, 2.45) is 46.3 Å². The summed E-state index contributed by atoms with van der Waals surface area (Å²) < 4.78 is 107. The fourth-order valence-electron chi connectivity index (χ4n) is 18.6. The summed E-state index contributed by atoms with van der Waals surface area (Å²) in [4.78, 5) is 82.8. The van der Waals surface area contributed by atoms with Crippen LogP contribution in [0.4, 0.5) is 0 Å². The zero-order chi connectivity index (χ0) is 69.8. The van der Waals surface area contributed by atoms with E-state index in [9.17, 15) is 28.8 Å². The minimum absolute atomic E-state index is 0.0785. The van der Waals surface area contributed by atoms with E-state index in [2.05, 4.69) is 33.8 Å². The van der Waals surface area contributed by atoms with Gasteiger partial charge in [-0.3, -0.25) is 14.4 Å². The zero-order valence-corrected chi connectivity index (χ0v) is 57.9. The Hall–Kier alpha value is -6.96. The number of rotatable bonds is 16. The second-order valence-corrected chi connectivity index (χ2v) is 29.6. The first-order valence-electron chi connectivity index (χ1n) is 35.7. The molecule has 6 aliphatic heterocycles. The van der Waals surface area contributed by atoms with Crippen LogP contribution in [0, 0.1) is 46.3 Å². The van der Waals surface area contributed by atoms with Crippen molar-refractivity contribution in [3.05, 3.63) is 155 Å². The van der Waals surface area contributed by atoms with Crippen molar-refractivity contribution in [2.75, 3.05) is 19.8 Å². The highest BCUT2D eigenvalue weighted by Crippen LogP contribution is 2.71. The molecule has 22 nitrogen and oxygen atoms in total. The van der Waals surface area contributed by atoms with Crippen LogP contribution in [0.1, 0.15) is 156 Å². The van der Waals surface area contributed by atoms with Crippen molar-refractivity contribution < 1.29 is 105 Å².